The third-order valence-electron chi connectivity index (χ3n) is 1.39. The molecule has 0 atom stereocenters. The molecule has 0 saturated heterocycles. The van der Waals surface area contributed by atoms with Crippen molar-refractivity contribution in [2.45, 2.75) is 0 Å². The summed E-state index contributed by atoms with van der Waals surface area (Å²) in [4.78, 5) is 12.9. The van der Waals surface area contributed by atoms with Crippen molar-refractivity contribution in [1.29, 1.82) is 0 Å². The molecule has 0 fully saturated rings. The normalized spacial score (nSPS) is 10.8. The van der Waals surface area contributed by atoms with Crippen LogP contribution in [-0.2, 0) is 11.8 Å². The van der Waals surface area contributed by atoms with Gasteiger partial charge in [0, 0.05) is 18.2 Å². The lowest BCUT2D eigenvalue weighted by Crippen LogP contribution is -1.97. The van der Waals surface area contributed by atoms with Crippen LogP contribution in [0.25, 0.3) is 16.5 Å². The average Bonchev–Trinajstić information content (AvgIpc) is 2.50. The van der Waals surface area contributed by atoms with Crippen LogP contribution in [0.1, 0.15) is 5.69 Å². The Morgan fingerprint density at radius 2 is 2.57 bits per heavy atom. The molecule has 1 aromatic rings. The van der Waals surface area contributed by atoms with Crippen LogP contribution >= 0.6 is 0 Å². The largest absolute Gasteiger partial charge is 0.478 e. The van der Waals surface area contributed by atoms with Crippen LogP contribution in [0.2, 0.25) is 0 Å². The van der Waals surface area contributed by atoms with Gasteiger partial charge in [-0.25, -0.2) is 4.79 Å². The fourth-order valence-corrected chi connectivity index (χ4v) is 0.832. The molecule has 7 nitrogen and oxygen atoms in total. The summed E-state index contributed by atoms with van der Waals surface area (Å²) >= 11 is 0. The molecule has 1 rings (SSSR count). The Balaban J connectivity index is 3.04. The zero-order valence-electron chi connectivity index (χ0n) is 7.32. The second kappa shape index (κ2) is 4.11. The predicted molar refractivity (Wildman–Crippen MR) is 48.0 cm³/mol. The van der Waals surface area contributed by atoms with Gasteiger partial charge in [0.05, 0.1) is 5.69 Å². The summed E-state index contributed by atoms with van der Waals surface area (Å²) in [5.41, 5.74) is 8.14. The first-order chi connectivity index (χ1) is 6.63. The highest BCUT2D eigenvalue weighted by atomic mass is 16.4. The van der Waals surface area contributed by atoms with Crippen LogP contribution in [0.4, 0.5) is 0 Å². The standard InChI is InChI=1S/C7H7N5O2/c1-12-3-2-5(10-12)4-6(7(13)14)9-11-8/h2-4H,1H3,(H,13,14). The number of rotatable bonds is 3. The average molecular weight is 193 g/mol. The van der Waals surface area contributed by atoms with Gasteiger partial charge < -0.3 is 5.11 Å². The molecule has 0 bridgehead atoms. The lowest BCUT2D eigenvalue weighted by Gasteiger charge is -1.90. The van der Waals surface area contributed by atoms with Gasteiger partial charge in [0.25, 0.3) is 0 Å². The molecular weight excluding hydrogens is 186 g/mol. The van der Waals surface area contributed by atoms with Crippen molar-refractivity contribution in [1.82, 2.24) is 9.78 Å². The minimum absolute atomic E-state index is 0.383. The molecule has 1 N–H and O–H groups in total. The Morgan fingerprint density at radius 1 is 1.86 bits per heavy atom. The Labute approximate surface area is 78.9 Å². The molecule has 1 heterocycles. The molecule has 0 radical (unpaired) electrons. The number of aryl methyl sites for hydroxylation is 1. The fraction of sp³-hybridized carbons (Fsp3) is 0.143. The number of hydrogen-bond donors (Lipinski definition) is 1. The Kier molecular flexibility index (Phi) is 2.88. The summed E-state index contributed by atoms with van der Waals surface area (Å²) < 4.78 is 1.52. The van der Waals surface area contributed by atoms with Crippen LogP contribution in [0.3, 0.4) is 0 Å². The topological polar surface area (TPSA) is 104 Å². The summed E-state index contributed by atoms with van der Waals surface area (Å²) in [5.74, 6) is -1.28. The first kappa shape index (κ1) is 9.82. The zero-order chi connectivity index (χ0) is 10.6. The number of hydrogen-bond acceptors (Lipinski definition) is 3. The molecule has 14 heavy (non-hydrogen) atoms. The number of carboxylic acids is 1. The van der Waals surface area contributed by atoms with Crippen LogP contribution in [-0.4, -0.2) is 20.9 Å². The summed E-state index contributed by atoms with van der Waals surface area (Å²) in [6.07, 6.45) is 2.85. The fourth-order valence-electron chi connectivity index (χ4n) is 0.832. The van der Waals surface area contributed by atoms with Gasteiger partial charge in [0.1, 0.15) is 5.70 Å². The smallest absolute Gasteiger partial charge is 0.338 e. The van der Waals surface area contributed by atoms with E-state index in [1.165, 1.54) is 10.8 Å². The second-order valence-electron chi connectivity index (χ2n) is 2.44. The summed E-state index contributed by atoms with van der Waals surface area (Å²) in [6, 6.07) is 1.61. The van der Waals surface area contributed by atoms with Crippen molar-refractivity contribution in [3.63, 3.8) is 0 Å². The molecule has 0 spiro atoms. The Hall–Kier alpha value is -2.27. The van der Waals surface area contributed by atoms with E-state index < -0.39 is 5.97 Å². The van der Waals surface area contributed by atoms with Crippen molar-refractivity contribution in [3.8, 4) is 0 Å². The molecule has 0 aliphatic rings. The number of carboxylic acid groups (broad SMARTS) is 1. The van der Waals surface area contributed by atoms with E-state index in [-0.39, 0.29) is 5.70 Å². The Bertz CT molecular complexity index is 423. The predicted octanol–water partition coefficient (Wildman–Crippen LogP) is 1.16. The minimum Gasteiger partial charge on any atom is -0.478 e. The number of aromatic nitrogens is 2. The van der Waals surface area contributed by atoms with Crippen molar-refractivity contribution in [2.24, 2.45) is 12.2 Å². The van der Waals surface area contributed by atoms with Gasteiger partial charge in [-0.2, -0.15) is 5.10 Å². The maximum atomic E-state index is 10.5. The molecule has 0 unspecified atom stereocenters. The molecule has 0 saturated carbocycles. The van der Waals surface area contributed by atoms with Gasteiger partial charge in [0.15, 0.2) is 0 Å². The molecule has 0 aliphatic heterocycles. The number of aliphatic carboxylic acids is 1. The number of carbonyl (C=O) groups is 1. The van der Waals surface area contributed by atoms with Crippen molar-refractivity contribution >= 4 is 12.0 Å². The first-order valence-corrected chi connectivity index (χ1v) is 3.63. The Morgan fingerprint density at radius 3 is 3.00 bits per heavy atom. The van der Waals surface area contributed by atoms with Crippen LogP contribution in [0.15, 0.2) is 23.1 Å². The molecular formula is C7H7N5O2. The van der Waals surface area contributed by atoms with Gasteiger partial charge in [-0.15, -0.1) is 0 Å². The molecule has 7 heteroatoms. The van der Waals surface area contributed by atoms with Gasteiger partial charge in [-0.1, -0.05) is 5.11 Å². The maximum Gasteiger partial charge on any atom is 0.338 e. The molecule has 0 amide bonds. The lowest BCUT2D eigenvalue weighted by molar-refractivity contribution is -0.132. The highest BCUT2D eigenvalue weighted by Crippen LogP contribution is 2.05. The zero-order valence-corrected chi connectivity index (χ0v) is 7.32. The second-order valence-corrected chi connectivity index (χ2v) is 2.44. The van der Waals surface area contributed by atoms with E-state index in [4.69, 9.17) is 10.6 Å². The third kappa shape index (κ3) is 2.36. The van der Waals surface area contributed by atoms with Crippen LogP contribution < -0.4 is 0 Å². The van der Waals surface area contributed by atoms with E-state index in [2.05, 4.69) is 15.1 Å². The first-order valence-electron chi connectivity index (χ1n) is 3.63. The van der Waals surface area contributed by atoms with Gasteiger partial charge >= 0.3 is 5.97 Å². The summed E-state index contributed by atoms with van der Waals surface area (Å²) in [5, 5.41) is 15.5. The maximum absolute atomic E-state index is 10.5. The quantitative estimate of drug-likeness (QED) is 0.337. The molecule has 1 aromatic heterocycles. The summed E-state index contributed by atoms with van der Waals surface area (Å²) in [6.45, 7) is 0. The van der Waals surface area contributed by atoms with E-state index in [9.17, 15) is 4.79 Å². The molecule has 0 aromatic carbocycles. The number of azide groups is 1. The van der Waals surface area contributed by atoms with E-state index in [0.717, 1.165) is 0 Å². The number of nitrogens with zero attached hydrogens (tertiary/aromatic N) is 5. The minimum atomic E-state index is -1.28. The highest BCUT2D eigenvalue weighted by Gasteiger charge is 2.05. The van der Waals surface area contributed by atoms with Gasteiger partial charge in [-0.3, -0.25) is 4.68 Å². The summed E-state index contributed by atoms with van der Waals surface area (Å²) in [7, 11) is 1.70. The SMILES string of the molecule is Cn1ccc(C=C(N=[N+]=[N-])C(=O)O)n1. The van der Waals surface area contributed by atoms with E-state index in [0.29, 0.717) is 5.69 Å². The van der Waals surface area contributed by atoms with Gasteiger partial charge in [-0.05, 0) is 17.7 Å². The third-order valence-corrected chi connectivity index (χ3v) is 1.39. The van der Waals surface area contributed by atoms with E-state index in [1.807, 2.05) is 0 Å². The van der Waals surface area contributed by atoms with Gasteiger partial charge in [0.2, 0.25) is 0 Å². The monoisotopic (exact) mass is 193 g/mol. The highest BCUT2D eigenvalue weighted by molar-refractivity contribution is 5.91. The van der Waals surface area contributed by atoms with Crippen molar-refractivity contribution in [2.75, 3.05) is 0 Å². The van der Waals surface area contributed by atoms with Crippen molar-refractivity contribution in [3.05, 3.63) is 34.1 Å². The van der Waals surface area contributed by atoms with Crippen LogP contribution in [0.5, 0.6) is 0 Å². The van der Waals surface area contributed by atoms with E-state index in [1.54, 1.807) is 19.3 Å². The lowest BCUT2D eigenvalue weighted by atomic mass is 10.3. The molecule has 72 valence electrons. The van der Waals surface area contributed by atoms with Crippen LogP contribution in [0, 0.1) is 0 Å². The van der Waals surface area contributed by atoms with Crippen molar-refractivity contribution < 1.29 is 9.90 Å². The van der Waals surface area contributed by atoms with E-state index >= 15 is 0 Å². The molecule has 0 aliphatic carbocycles.